The Kier molecular flexibility index (Phi) is 4.02. The Morgan fingerprint density at radius 1 is 1.11 bits per heavy atom. The Hall–Kier alpha value is -1.35. The first-order valence-electron chi connectivity index (χ1n) is 5.66. The monoisotopic (exact) mass is 308 g/mol. The van der Waals surface area contributed by atoms with E-state index in [2.05, 4.69) is 15.9 Å². The molecule has 0 amide bonds. The predicted octanol–water partition coefficient (Wildman–Crippen LogP) is 4.63. The van der Waals surface area contributed by atoms with Gasteiger partial charge < -0.3 is 4.74 Å². The van der Waals surface area contributed by atoms with Crippen molar-refractivity contribution in [3.05, 3.63) is 65.0 Å². The molecule has 3 heteroatoms. The highest BCUT2D eigenvalue weighted by Gasteiger charge is 2.15. The quantitative estimate of drug-likeness (QED) is 0.751. The van der Waals surface area contributed by atoms with Gasteiger partial charge in [0.15, 0.2) is 0 Å². The minimum Gasteiger partial charge on any atom is -0.497 e. The van der Waals surface area contributed by atoms with Crippen LogP contribution in [-0.2, 0) is 0 Å². The second-order valence-corrected chi connectivity index (χ2v) is 5.08. The maximum Gasteiger partial charge on any atom is 0.131 e. The Balaban J connectivity index is 2.33. The maximum atomic E-state index is 13.9. The summed E-state index contributed by atoms with van der Waals surface area (Å²) in [5.74, 6) is 0.261. The second-order valence-electron chi connectivity index (χ2n) is 4.16. The van der Waals surface area contributed by atoms with E-state index in [1.807, 2.05) is 31.2 Å². The third-order valence-corrected chi connectivity index (χ3v) is 3.87. The molecular formula is C15H14BrFO. The summed E-state index contributed by atoms with van der Waals surface area (Å²) < 4.78 is 18.9. The molecule has 0 fully saturated rings. The van der Waals surface area contributed by atoms with Crippen LogP contribution in [0.1, 0.15) is 21.5 Å². The van der Waals surface area contributed by atoms with Gasteiger partial charge in [0.25, 0.3) is 0 Å². The second kappa shape index (κ2) is 5.53. The lowest BCUT2D eigenvalue weighted by molar-refractivity contribution is 0.411. The molecule has 2 aromatic rings. The topological polar surface area (TPSA) is 9.23 Å². The van der Waals surface area contributed by atoms with Gasteiger partial charge in [-0.05, 0) is 18.6 Å². The Bertz CT molecular complexity index is 537. The third kappa shape index (κ3) is 2.72. The molecule has 2 rings (SSSR count). The molecule has 0 saturated carbocycles. The van der Waals surface area contributed by atoms with Crippen molar-refractivity contribution in [1.29, 1.82) is 0 Å². The van der Waals surface area contributed by atoms with Crippen molar-refractivity contribution >= 4 is 15.9 Å². The summed E-state index contributed by atoms with van der Waals surface area (Å²) >= 11 is 3.54. The van der Waals surface area contributed by atoms with Gasteiger partial charge in [-0.1, -0.05) is 51.8 Å². The fraction of sp³-hybridized carbons (Fsp3) is 0.200. The van der Waals surface area contributed by atoms with Gasteiger partial charge in [0.1, 0.15) is 11.6 Å². The third-order valence-electron chi connectivity index (χ3n) is 2.85. The molecule has 0 heterocycles. The van der Waals surface area contributed by atoms with Gasteiger partial charge in [0.05, 0.1) is 11.9 Å². The minimum atomic E-state index is -0.267. The maximum absolute atomic E-state index is 13.9. The fourth-order valence-corrected chi connectivity index (χ4v) is 2.43. The van der Waals surface area contributed by atoms with Crippen molar-refractivity contribution in [2.24, 2.45) is 0 Å². The van der Waals surface area contributed by atoms with Gasteiger partial charge in [-0.25, -0.2) is 4.39 Å². The Morgan fingerprint density at radius 3 is 2.33 bits per heavy atom. The van der Waals surface area contributed by atoms with Crippen molar-refractivity contribution in [1.82, 2.24) is 0 Å². The number of hydrogen-bond donors (Lipinski definition) is 0. The minimum absolute atomic E-state index is 0.149. The Labute approximate surface area is 115 Å². The average Bonchev–Trinajstić information content (AvgIpc) is 2.38. The van der Waals surface area contributed by atoms with Crippen LogP contribution < -0.4 is 4.74 Å². The molecule has 0 aliphatic rings. The van der Waals surface area contributed by atoms with Crippen LogP contribution in [0.3, 0.4) is 0 Å². The van der Waals surface area contributed by atoms with Crippen LogP contribution in [0.4, 0.5) is 4.39 Å². The zero-order chi connectivity index (χ0) is 13.1. The van der Waals surface area contributed by atoms with E-state index < -0.39 is 0 Å². The number of methoxy groups -OCH3 is 1. The summed E-state index contributed by atoms with van der Waals surface area (Å²) in [6.45, 7) is 2.03. The number of hydrogen-bond acceptors (Lipinski definition) is 1. The first kappa shape index (κ1) is 13.1. The lowest BCUT2D eigenvalue weighted by Crippen LogP contribution is -1.97. The highest BCUT2D eigenvalue weighted by atomic mass is 79.9. The van der Waals surface area contributed by atoms with Crippen molar-refractivity contribution in [3.63, 3.8) is 0 Å². The number of benzene rings is 2. The van der Waals surface area contributed by atoms with Crippen molar-refractivity contribution in [2.45, 2.75) is 11.8 Å². The lowest BCUT2D eigenvalue weighted by atomic mass is 10.0. The van der Waals surface area contributed by atoms with Gasteiger partial charge in [0.2, 0.25) is 0 Å². The first-order chi connectivity index (χ1) is 8.61. The molecule has 0 aliphatic heterocycles. The molecule has 0 aliphatic carbocycles. The van der Waals surface area contributed by atoms with Crippen LogP contribution in [0, 0.1) is 12.7 Å². The Morgan fingerprint density at radius 2 is 1.78 bits per heavy atom. The van der Waals surface area contributed by atoms with E-state index in [9.17, 15) is 4.39 Å². The number of alkyl halides is 1. The van der Waals surface area contributed by atoms with Crippen LogP contribution >= 0.6 is 15.9 Å². The SMILES string of the molecule is COc1ccc(C(Br)c2ccc(C)cc2)c(F)c1. The van der Waals surface area contributed by atoms with E-state index in [-0.39, 0.29) is 10.6 Å². The summed E-state index contributed by atoms with van der Waals surface area (Å²) in [6, 6.07) is 12.9. The van der Waals surface area contributed by atoms with Gasteiger partial charge in [0, 0.05) is 11.6 Å². The standard InChI is InChI=1S/C15H14BrFO/c1-10-3-5-11(6-4-10)15(16)13-8-7-12(18-2)9-14(13)17/h3-9,15H,1-2H3. The van der Waals surface area contributed by atoms with E-state index >= 15 is 0 Å². The van der Waals surface area contributed by atoms with E-state index in [0.717, 1.165) is 5.56 Å². The van der Waals surface area contributed by atoms with Crippen molar-refractivity contribution in [3.8, 4) is 5.75 Å². The van der Waals surface area contributed by atoms with E-state index in [0.29, 0.717) is 11.3 Å². The lowest BCUT2D eigenvalue weighted by Gasteiger charge is -2.13. The predicted molar refractivity (Wildman–Crippen MR) is 74.9 cm³/mol. The van der Waals surface area contributed by atoms with Gasteiger partial charge in [-0.2, -0.15) is 0 Å². The van der Waals surface area contributed by atoms with Crippen LogP contribution in [-0.4, -0.2) is 7.11 Å². The largest absolute Gasteiger partial charge is 0.497 e. The molecule has 1 atom stereocenters. The molecule has 0 bridgehead atoms. The molecule has 0 saturated heterocycles. The summed E-state index contributed by atoms with van der Waals surface area (Å²) in [5.41, 5.74) is 2.83. The van der Waals surface area contributed by atoms with Gasteiger partial charge in [-0.3, -0.25) is 0 Å². The van der Waals surface area contributed by atoms with E-state index in [4.69, 9.17) is 4.74 Å². The molecule has 18 heavy (non-hydrogen) atoms. The highest BCUT2D eigenvalue weighted by Crippen LogP contribution is 2.33. The zero-order valence-electron chi connectivity index (χ0n) is 10.3. The number of ether oxygens (including phenoxy) is 1. The molecule has 0 spiro atoms. The van der Waals surface area contributed by atoms with Gasteiger partial charge >= 0.3 is 0 Å². The zero-order valence-corrected chi connectivity index (χ0v) is 11.9. The van der Waals surface area contributed by atoms with E-state index in [1.165, 1.54) is 18.7 Å². The van der Waals surface area contributed by atoms with Crippen LogP contribution in [0.5, 0.6) is 5.75 Å². The molecule has 0 N–H and O–H groups in total. The normalized spacial score (nSPS) is 12.2. The molecule has 1 nitrogen and oxygen atoms in total. The average molecular weight is 309 g/mol. The summed E-state index contributed by atoms with van der Waals surface area (Å²) in [6.07, 6.45) is 0. The molecular weight excluding hydrogens is 295 g/mol. The molecule has 2 aromatic carbocycles. The summed E-state index contributed by atoms with van der Waals surface area (Å²) in [7, 11) is 1.53. The summed E-state index contributed by atoms with van der Waals surface area (Å²) in [5, 5.41) is 0. The summed E-state index contributed by atoms with van der Waals surface area (Å²) in [4.78, 5) is -0.149. The number of aryl methyl sites for hydroxylation is 1. The number of rotatable bonds is 3. The van der Waals surface area contributed by atoms with E-state index in [1.54, 1.807) is 12.1 Å². The fourth-order valence-electron chi connectivity index (χ4n) is 1.76. The van der Waals surface area contributed by atoms with Crippen molar-refractivity contribution < 1.29 is 9.13 Å². The van der Waals surface area contributed by atoms with Crippen LogP contribution in [0.2, 0.25) is 0 Å². The molecule has 94 valence electrons. The van der Waals surface area contributed by atoms with Crippen LogP contribution in [0.15, 0.2) is 42.5 Å². The highest BCUT2D eigenvalue weighted by molar-refractivity contribution is 9.09. The first-order valence-corrected chi connectivity index (χ1v) is 6.57. The number of halogens is 2. The van der Waals surface area contributed by atoms with Crippen molar-refractivity contribution in [2.75, 3.05) is 7.11 Å². The molecule has 0 radical (unpaired) electrons. The van der Waals surface area contributed by atoms with Gasteiger partial charge in [-0.15, -0.1) is 0 Å². The smallest absolute Gasteiger partial charge is 0.131 e. The van der Waals surface area contributed by atoms with Crippen LogP contribution in [0.25, 0.3) is 0 Å². The molecule has 1 unspecified atom stereocenters. The molecule has 0 aromatic heterocycles.